The average molecular weight is 245 g/mol. The molecule has 88 valence electrons. The van der Waals surface area contributed by atoms with Crippen molar-refractivity contribution < 1.29 is 4.21 Å². The molecule has 2 aromatic rings. The van der Waals surface area contributed by atoms with E-state index in [-0.39, 0.29) is 0 Å². The molecule has 2 rings (SSSR count). The van der Waals surface area contributed by atoms with Gasteiger partial charge in [-0.05, 0) is 17.7 Å². The Balaban J connectivity index is 2.25. The lowest BCUT2D eigenvalue weighted by atomic mass is 10.2. The van der Waals surface area contributed by atoms with Crippen LogP contribution >= 0.6 is 0 Å². The molecule has 0 saturated heterocycles. The molecule has 0 aliphatic heterocycles. The summed E-state index contributed by atoms with van der Waals surface area (Å²) in [6.07, 6.45) is 1.69. The molecule has 0 radical (unpaired) electrons. The third-order valence-electron chi connectivity index (χ3n) is 2.52. The van der Waals surface area contributed by atoms with Crippen molar-refractivity contribution in [3.8, 4) is 0 Å². The highest BCUT2D eigenvalue weighted by Crippen LogP contribution is 2.12. The minimum Gasteiger partial charge on any atom is -0.245 e. The van der Waals surface area contributed by atoms with Crippen LogP contribution in [0.5, 0.6) is 0 Å². The van der Waals surface area contributed by atoms with E-state index in [1.807, 2.05) is 60.7 Å². The first kappa shape index (κ1) is 11.9. The van der Waals surface area contributed by atoms with Gasteiger partial charge in [0.05, 0.1) is 16.3 Å². The zero-order valence-corrected chi connectivity index (χ0v) is 10.6. The third kappa shape index (κ3) is 3.17. The minimum atomic E-state index is -2.28. The van der Waals surface area contributed by atoms with E-state index in [1.165, 1.54) is 0 Å². The summed E-state index contributed by atoms with van der Waals surface area (Å²) in [5.74, 6) is 0. The zero-order chi connectivity index (χ0) is 12.1. The maximum Gasteiger partial charge on any atom is 0.0737 e. The SMILES string of the molecule is CS(=O)(=NCc1ccccc1)c1ccccc1. The van der Waals surface area contributed by atoms with Crippen LogP contribution in [0.4, 0.5) is 0 Å². The van der Waals surface area contributed by atoms with E-state index in [9.17, 15) is 4.21 Å². The second kappa shape index (κ2) is 5.15. The molecule has 0 bridgehead atoms. The number of benzene rings is 2. The predicted octanol–water partition coefficient (Wildman–Crippen LogP) is 3.34. The van der Waals surface area contributed by atoms with E-state index < -0.39 is 9.73 Å². The lowest BCUT2D eigenvalue weighted by Crippen LogP contribution is -1.98. The minimum absolute atomic E-state index is 0.491. The van der Waals surface area contributed by atoms with Crippen molar-refractivity contribution in [1.29, 1.82) is 0 Å². The van der Waals surface area contributed by atoms with Gasteiger partial charge >= 0.3 is 0 Å². The van der Waals surface area contributed by atoms with Gasteiger partial charge in [-0.25, -0.2) is 8.57 Å². The Bertz CT molecular complexity index is 584. The van der Waals surface area contributed by atoms with Crippen LogP contribution in [-0.2, 0) is 16.3 Å². The van der Waals surface area contributed by atoms with E-state index in [0.29, 0.717) is 6.54 Å². The smallest absolute Gasteiger partial charge is 0.0737 e. The highest BCUT2D eigenvalue weighted by Gasteiger charge is 2.03. The topological polar surface area (TPSA) is 29.4 Å². The molecule has 0 amide bonds. The highest BCUT2D eigenvalue weighted by molar-refractivity contribution is 7.93. The van der Waals surface area contributed by atoms with Gasteiger partial charge in [0.25, 0.3) is 0 Å². The molecule has 3 heteroatoms. The summed E-state index contributed by atoms with van der Waals surface area (Å²) in [6, 6.07) is 19.3. The largest absolute Gasteiger partial charge is 0.245 e. The Labute approximate surface area is 102 Å². The van der Waals surface area contributed by atoms with Gasteiger partial charge in [0, 0.05) is 11.2 Å². The Kier molecular flexibility index (Phi) is 3.59. The summed E-state index contributed by atoms with van der Waals surface area (Å²) in [5.41, 5.74) is 1.08. The van der Waals surface area contributed by atoms with Crippen molar-refractivity contribution in [3.05, 3.63) is 66.2 Å². The molecule has 0 aromatic heterocycles. The molecular formula is C14H15NOS. The Morgan fingerprint density at radius 1 is 0.941 bits per heavy atom. The Morgan fingerprint density at radius 2 is 1.47 bits per heavy atom. The number of rotatable bonds is 3. The molecular weight excluding hydrogens is 230 g/mol. The molecule has 0 N–H and O–H groups in total. The number of hydrogen-bond acceptors (Lipinski definition) is 2. The van der Waals surface area contributed by atoms with Gasteiger partial charge in [0.2, 0.25) is 0 Å². The molecule has 2 aromatic carbocycles. The van der Waals surface area contributed by atoms with Crippen LogP contribution in [0.2, 0.25) is 0 Å². The van der Waals surface area contributed by atoms with Crippen LogP contribution in [0.15, 0.2) is 69.9 Å². The van der Waals surface area contributed by atoms with Gasteiger partial charge < -0.3 is 0 Å². The maximum atomic E-state index is 12.4. The van der Waals surface area contributed by atoms with Gasteiger partial charge in [0.15, 0.2) is 0 Å². The molecule has 0 spiro atoms. The van der Waals surface area contributed by atoms with Crippen LogP contribution in [0, 0.1) is 0 Å². The molecule has 17 heavy (non-hydrogen) atoms. The van der Waals surface area contributed by atoms with Crippen molar-refractivity contribution in [3.63, 3.8) is 0 Å². The fourth-order valence-corrected chi connectivity index (χ4v) is 2.74. The number of hydrogen-bond donors (Lipinski definition) is 0. The van der Waals surface area contributed by atoms with Crippen molar-refractivity contribution in [2.75, 3.05) is 6.26 Å². The third-order valence-corrected chi connectivity index (χ3v) is 4.29. The summed E-state index contributed by atoms with van der Waals surface area (Å²) in [7, 11) is -2.28. The molecule has 1 atom stereocenters. The first-order chi connectivity index (χ1) is 8.18. The lowest BCUT2D eigenvalue weighted by Gasteiger charge is -2.04. The van der Waals surface area contributed by atoms with Crippen LogP contribution in [0.3, 0.4) is 0 Å². The van der Waals surface area contributed by atoms with Crippen molar-refractivity contribution in [2.24, 2.45) is 4.36 Å². The van der Waals surface area contributed by atoms with E-state index in [0.717, 1.165) is 10.5 Å². The number of nitrogens with zero attached hydrogens (tertiary/aromatic N) is 1. The standard InChI is InChI=1S/C14H15NOS/c1-17(16,14-10-6-3-7-11-14)15-12-13-8-4-2-5-9-13/h2-11H,12H2,1H3. The van der Waals surface area contributed by atoms with Crippen LogP contribution in [-0.4, -0.2) is 10.5 Å². The van der Waals surface area contributed by atoms with Gasteiger partial charge in [-0.3, -0.25) is 0 Å². The van der Waals surface area contributed by atoms with Gasteiger partial charge in [-0.15, -0.1) is 0 Å². The van der Waals surface area contributed by atoms with Crippen LogP contribution in [0.1, 0.15) is 5.56 Å². The lowest BCUT2D eigenvalue weighted by molar-refractivity contribution is 0.678. The van der Waals surface area contributed by atoms with Gasteiger partial charge in [-0.2, -0.15) is 0 Å². The summed E-state index contributed by atoms with van der Waals surface area (Å²) in [6.45, 7) is 0.491. The fourth-order valence-electron chi connectivity index (χ4n) is 1.53. The molecule has 0 fully saturated rings. The fraction of sp³-hybridized carbons (Fsp3) is 0.143. The zero-order valence-electron chi connectivity index (χ0n) is 9.74. The van der Waals surface area contributed by atoms with Crippen LogP contribution in [0.25, 0.3) is 0 Å². The van der Waals surface area contributed by atoms with Crippen LogP contribution < -0.4 is 0 Å². The maximum absolute atomic E-state index is 12.4. The molecule has 0 heterocycles. The second-order valence-electron chi connectivity index (χ2n) is 3.89. The van der Waals surface area contributed by atoms with Gasteiger partial charge in [0.1, 0.15) is 0 Å². The molecule has 0 saturated carbocycles. The monoisotopic (exact) mass is 245 g/mol. The van der Waals surface area contributed by atoms with Crippen molar-refractivity contribution in [1.82, 2.24) is 0 Å². The summed E-state index contributed by atoms with van der Waals surface area (Å²) in [4.78, 5) is 0.788. The Morgan fingerprint density at radius 3 is 2.06 bits per heavy atom. The molecule has 0 aliphatic carbocycles. The summed E-state index contributed by atoms with van der Waals surface area (Å²) >= 11 is 0. The van der Waals surface area contributed by atoms with E-state index in [1.54, 1.807) is 6.26 Å². The van der Waals surface area contributed by atoms with Crippen molar-refractivity contribution in [2.45, 2.75) is 11.4 Å². The first-order valence-corrected chi connectivity index (χ1v) is 7.38. The van der Waals surface area contributed by atoms with E-state index >= 15 is 0 Å². The summed E-state index contributed by atoms with van der Waals surface area (Å²) < 4.78 is 16.7. The molecule has 1 unspecified atom stereocenters. The van der Waals surface area contributed by atoms with E-state index in [2.05, 4.69) is 4.36 Å². The quantitative estimate of drug-likeness (QED) is 0.815. The predicted molar refractivity (Wildman–Crippen MR) is 71.3 cm³/mol. The highest BCUT2D eigenvalue weighted by atomic mass is 32.2. The average Bonchev–Trinajstić information content (AvgIpc) is 2.39. The normalized spacial score (nSPS) is 13.9. The van der Waals surface area contributed by atoms with Crippen molar-refractivity contribution >= 4 is 9.73 Å². The first-order valence-electron chi connectivity index (χ1n) is 5.45. The molecule has 0 aliphatic rings. The molecule has 2 nitrogen and oxygen atoms in total. The van der Waals surface area contributed by atoms with Gasteiger partial charge in [-0.1, -0.05) is 48.5 Å². The summed E-state index contributed by atoms with van der Waals surface area (Å²) in [5, 5.41) is 0. The van der Waals surface area contributed by atoms with E-state index in [4.69, 9.17) is 0 Å². The second-order valence-corrected chi connectivity index (χ2v) is 6.22. The Hall–Kier alpha value is -1.61.